The van der Waals surface area contributed by atoms with Crippen LogP contribution in [0.15, 0.2) is 42.5 Å². The van der Waals surface area contributed by atoms with E-state index in [9.17, 15) is 5.26 Å². The van der Waals surface area contributed by atoms with Crippen LogP contribution in [-0.4, -0.2) is 25.5 Å². The fourth-order valence-electron chi connectivity index (χ4n) is 2.99. The Balaban J connectivity index is 2.61. The summed E-state index contributed by atoms with van der Waals surface area (Å²) in [6, 6.07) is 17.3. The summed E-state index contributed by atoms with van der Waals surface area (Å²) in [5.74, 6) is 0.272. The molecular weight excluding hydrogens is 256 g/mol. The van der Waals surface area contributed by atoms with Crippen LogP contribution in [0.4, 0.5) is 0 Å². The summed E-state index contributed by atoms with van der Waals surface area (Å²) in [4.78, 5) is 2.15. The Hall–Kier alpha value is -1.85. The molecule has 2 aromatic rings. The molecule has 0 N–H and O–H groups in total. The molecule has 0 aliphatic carbocycles. The third-order valence-electron chi connectivity index (χ3n) is 4.41. The van der Waals surface area contributed by atoms with Gasteiger partial charge in [0.15, 0.2) is 0 Å². The predicted octanol–water partition coefficient (Wildman–Crippen LogP) is 4.21. The van der Waals surface area contributed by atoms with Gasteiger partial charge in [-0.2, -0.15) is 5.26 Å². The minimum atomic E-state index is -0.439. The molecule has 0 bridgehead atoms. The number of hydrogen-bond acceptors (Lipinski definition) is 2. The third kappa shape index (κ3) is 2.94. The first-order valence-corrected chi connectivity index (χ1v) is 7.55. The second-order valence-corrected chi connectivity index (χ2v) is 6.32. The van der Waals surface area contributed by atoms with E-state index in [4.69, 9.17) is 0 Å². The molecule has 0 aromatic heterocycles. The third-order valence-corrected chi connectivity index (χ3v) is 4.41. The maximum Gasteiger partial charge on any atom is 0.0863 e. The summed E-state index contributed by atoms with van der Waals surface area (Å²) in [6.45, 7) is 5.22. The molecule has 2 heteroatoms. The molecule has 0 amide bonds. The Bertz CT molecular complexity index is 647. The summed E-state index contributed by atoms with van der Waals surface area (Å²) in [5.41, 5.74) is 0.727. The van der Waals surface area contributed by atoms with Crippen LogP contribution >= 0.6 is 0 Å². The lowest BCUT2D eigenvalue weighted by Crippen LogP contribution is -2.34. The van der Waals surface area contributed by atoms with Crippen LogP contribution in [0.1, 0.15) is 25.8 Å². The molecule has 1 atom stereocenters. The van der Waals surface area contributed by atoms with Crippen molar-refractivity contribution in [3.8, 4) is 6.07 Å². The van der Waals surface area contributed by atoms with E-state index in [1.54, 1.807) is 0 Å². The van der Waals surface area contributed by atoms with Crippen molar-refractivity contribution < 1.29 is 0 Å². The molecule has 0 unspecified atom stereocenters. The maximum atomic E-state index is 10.0. The zero-order valence-corrected chi connectivity index (χ0v) is 13.4. The zero-order chi connectivity index (χ0) is 15.5. The first kappa shape index (κ1) is 15.5. The SMILES string of the molecule is CC(C)[C@](C#N)(CCN(C)C)c1cccc2ccccc12. The van der Waals surface area contributed by atoms with Crippen LogP contribution in [-0.2, 0) is 5.41 Å². The Morgan fingerprint density at radius 2 is 1.76 bits per heavy atom. The molecule has 0 heterocycles. The highest BCUT2D eigenvalue weighted by molar-refractivity contribution is 5.87. The van der Waals surface area contributed by atoms with Gasteiger partial charge in [-0.1, -0.05) is 56.3 Å². The second kappa shape index (κ2) is 6.28. The minimum absolute atomic E-state index is 0.272. The Morgan fingerprint density at radius 1 is 1.10 bits per heavy atom. The quantitative estimate of drug-likeness (QED) is 0.820. The molecule has 0 radical (unpaired) electrons. The van der Waals surface area contributed by atoms with Gasteiger partial charge in [-0.05, 0) is 49.3 Å². The highest BCUT2D eigenvalue weighted by atomic mass is 15.0. The first-order chi connectivity index (χ1) is 10.0. The van der Waals surface area contributed by atoms with Crippen molar-refractivity contribution in [2.24, 2.45) is 5.92 Å². The average Bonchev–Trinajstić information content (AvgIpc) is 2.48. The lowest BCUT2D eigenvalue weighted by molar-refractivity contribution is 0.304. The topological polar surface area (TPSA) is 27.0 Å². The fraction of sp³-hybridized carbons (Fsp3) is 0.421. The Morgan fingerprint density at radius 3 is 2.38 bits per heavy atom. The molecule has 0 aliphatic rings. The zero-order valence-electron chi connectivity index (χ0n) is 13.4. The normalized spacial score (nSPS) is 14.3. The largest absolute Gasteiger partial charge is 0.309 e. The molecule has 2 aromatic carbocycles. The van der Waals surface area contributed by atoms with Crippen molar-refractivity contribution in [3.63, 3.8) is 0 Å². The number of nitriles is 1. The molecule has 2 nitrogen and oxygen atoms in total. The van der Waals surface area contributed by atoms with Crippen LogP contribution in [0.5, 0.6) is 0 Å². The molecule has 21 heavy (non-hydrogen) atoms. The van der Waals surface area contributed by atoms with Crippen LogP contribution < -0.4 is 0 Å². The summed E-state index contributed by atoms with van der Waals surface area (Å²) in [5, 5.41) is 12.4. The van der Waals surface area contributed by atoms with Crippen molar-refractivity contribution in [1.29, 1.82) is 5.26 Å². The van der Waals surface area contributed by atoms with Crippen molar-refractivity contribution in [2.45, 2.75) is 25.7 Å². The van der Waals surface area contributed by atoms with E-state index in [1.165, 1.54) is 16.3 Å². The van der Waals surface area contributed by atoms with Gasteiger partial charge >= 0.3 is 0 Å². The van der Waals surface area contributed by atoms with Gasteiger partial charge in [-0.15, -0.1) is 0 Å². The van der Waals surface area contributed by atoms with Crippen LogP contribution in [0.3, 0.4) is 0 Å². The lowest BCUT2D eigenvalue weighted by atomic mass is 9.69. The number of rotatable bonds is 5. The smallest absolute Gasteiger partial charge is 0.0863 e. The highest BCUT2D eigenvalue weighted by Gasteiger charge is 2.36. The average molecular weight is 280 g/mol. The van der Waals surface area contributed by atoms with Gasteiger partial charge in [-0.25, -0.2) is 0 Å². The van der Waals surface area contributed by atoms with Gasteiger partial charge in [0.05, 0.1) is 11.5 Å². The minimum Gasteiger partial charge on any atom is -0.309 e. The van der Waals surface area contributed by atoms with Gasteiger partial charge in [0.25, 0.3) is 0 Å². The standard InChI is InChI=1S/C19H24N2/c1-15(2)19(14-20,12-13-21(3)4)18-11-7-9-16-8-5-6-10-17(16)18/h5-11,15H,12-13H2,1-4H3/t19-/m1/s1. The molecule has 0 saturated heterocycles. The van der Waals surface area contributed by atoms with Crippen molar-refractivity contribution in [3.05, 3.63) is 48.0 Å². The molecule has 2 rings (SSSR count). The van der Waals surface area contributed by atoms with Crippen molar-refractivity contribution >= 4 is 10.8 Å². The molecule has 0 fully saturated rings. The van der Waals surface area contributed by atoms with E-state index >= 15 is 0 Å². The van der Waals surface area contributed by atoms with Crippen molar-refractivity contribution in [2.75, 3.05) is 20.6 Å². The maximum absolute atomic E-state index is 10.0. The fourth-order valence-corrected chi connectivity index (χ4v) is 2.99. The van der Waals surface area contributed by atoms with E-state index < -0.39 is 5.41 Å². The van der Waals surface area contributed by atoms with E-state index in [2.05, 4.69) is 81.4 Å². The number of hydrogen-bond donors (Lipinski definition) is 0. The summed E-state index contributed by atoms with van der Waals surface area (Å²) in [6.07, 6.45) is 0.849. The second-order valence-electron chi connectivity index (χ2n) is 6.32. The number of benzene rings is 2. The van der Waals surface area contributed by atoms with Gasteiger partial charge in [0.1, 0.15) is 0 Å². The lowest BCUT2D eigenvalue weighted by Gasteiger charge is -2.33. The van der Waals surface area contributed by atoms with E-state index in [1.807, 2.05) is 0 Å². The Kier molecular flexibility index (Phi) is 4.65. The predicted molar refractivity (Wildman–Crippen MR) is 89.2 cm³/mol. The first-order valence-electron chi connectivity index (χ1n) is 7.55. The monoisotopic (exact) mass is 280 g/mol. The van der Waals surface area contributed by atoms with E-state index in [0.717, 1.165) is 13.0 Å². The highest BCUT2D eigenvalue weighted by Crippen LogP contribution is 2.39. The molecule has 0 aliphatic heterocycles. The summed E-state index contributed by atoms with van der Waals surface area (Å²) < 4.78 is 0. The summed E-state index contributed by atoms with van der Waals surface area (Å²) in [7, 11) is 4.12. The Labute approximate surface area is 128 Å². The van der Waals surface area contributed by atoms with Crippen LogP contribution in [0, 0.1) is 17.2 Å². The van der Waals surface area contributed by atoms with Gasteiger partial charge < -0.3 is 4.90 Å². The van der Waals surface area contributed by atoms with Gasteiger partial charge in [-0.3, -0.25) is 0 Å². The number of fused-ring (bicyclic) bond motifs is 1. The molecular formula is C19H24N2. The summed E-state index contributed by atoms with van der Waals surface area (Å²) >= 11 is 0. The van der Waals surface area contributed by atoms with Crippen LogP contribution in [0.2, 0.25) is 0 Å². The number of nitrogens with zero attached hydrogens (tertiary/aromatic N) is 2. The molecule has 0 saturated carbocycles. The van der Waals surface area contributed by atoms with E-state index in [0.29, 0.717) is 0 Å². The van der Waals surface area contributed by atoms with Gasteiger partial charge in [0, 0.05) is 0 Å². The van der Waals surface area contributed by atoms with Gasteiger partial charge in [0.2, 0.25) is 0 Å². The molecule has 110 valence electrons. The van der Waals surface area contributed by atoms with Crippen LogP contribution in [0.25, 0.3) is 10.8 Å². The van der Waals surface area contributed by atoms with Crippen molar-refractivity contribution in [1.82, 2.24) is 4.90 Å². The van der Waals surface area contributed by atoms with E-state index in [-0.39, 0.29) is 5.92 Å². The molecule has 0 spiro atoms.